The van der Waals surface area contributed by atoms with Crippen molar-refractivity contribution in [3.63, 3.8) is 0 Å². The number of hydrogen-bond donors (Lipinski definition) is 4. The van der Waals surface area contributed by atoms with Gasteiger partial charge >= 0.3 is 0 Å². The third-order valence-corrected chi connectivity index (χ3v) is 3.60. The van der Waals surface area contributed by atoms with Gasteiger partial charge in [0.05, 0.1) is 13.2 Å². The number of hydrogen-bond acceptors (Lipinski definition) is 7. The summed E-state index contributed by atoms with van der Waals surface area (Å²) in [5.41, 5.74) is -1.85. The molecule has 11 nitrogen and oxygen atoms in total. The van der Waals surface area contributed by atoms with Gasteiger partial charge in [0, 0.05) is 24.7 Å². The summed E-state index contributed by atoms with van der Waals surface area (Å²) >= 11 is 0. The normalized spacial score (nSPS) is 11.6. The molecule has 0 saturated carbocycles. The van der Waals surface area contributed by atoms with Crippen molar-refractivity contribution in [2.45, 2.75) is 13.0 Å². The fraction of sp³-hybridized carbons (Fsp3) is 0.294. The second-order valence-electron chi connectivity index (χ2n) is 5.83. The molecule has 0 spiro atoms. The van der Waals surface area contributed by atoms with E-state index in [9.17, 15) is 29.6 Å². The van der Waals surface area contributed by atoms with Crippen LogP contribution in [0.2, 0.25) is 0 Å². The van der Waals surface area contributed by atoms with Gasteiger partial charge in [0.25, 0.3) is 22.9 Å². The molecule has 4 N–H and O–H groups in total. The van der Waals surface area contributed by atoms with Gasteiger partial charge in [-0.3, -0.25) is 19.2 Å². The molecule has 150 valence electrons. The number of carbonyl (C=O) groups is 2. The van der Waals surface area contributed by atoms with Gasteiger partial charge in [-0.25, -0.2) is 0 Å². The predicted octanol–water partition coefficient (Wildman–Crippen LogP) is -0.950. The van der Waals surface area contributed by atoms with E-state index >= 15 is 0 Å². The minimum atomic E-state index is -0.723. The second kappa shape index (κ2) is 9.37. The lowest BCUT2D eigenvalue weighted by molar-refractivity contribution is 0.0788. The van der Waals surface area contributed by atoms with Crippen LogP contribution in [0.1, 0.15) is 27.9 Å². The standard InChI is InChI=1S/C17H20N4O7/c1-11(19-17(25)13-5-3-7-15(23)21(13)27)10-28-9-8-18-16(24)12-4-2-6-14(22)20(12)26/h2-7,11,26-27H,8-10H2,1H3,(H,18,24)(H,19,25). The molecular weight excluding hydrogens is 372 g/mol. The van der Waals surface area contributed by atoms with Crippen LogP contribution >= 0.6 is 0 Å². The summed E-state index contributed by atoms with van der Waals surface area (Å²) in [7, 11) is 0. The molecule has 11 heteroatoms. The Balaban J connectivity index is 1.73. The first-order chi connectivity index (χ1) is 13.3. The summed E-state index contributed by atoms with van der Waals surface area (Å²) in [5.74, 6) is -1.29. The van der Waals surface area contributed by atoms with E-state index in [-0.39, 0.29) is 40.6 Å². The Morgan fingerprint density at radius 2 is 1.54 bits per heavy atom. The van der Waals surface area contributed by atoms with Crippen LogP contribution in [0.3, 0.4) is 0 Å². The van der Waals surface area contributed by atoms with Gasteiger partial charge in [-0.1, -0.05) is 12.1 Å². The molecule has 0 aliphatic carbocycles. The molecule has 0 saturated heterocycles. The van der Waals surface area contributed by atoms with Gasteiger partial charge in [-0.15, -0.1) is 9.46 Å². The summed E-state index contributed by atoms with van der Waals surface area (Å²) in [5, 5.41) is 24.1. The van der Waals surface area contributed by atoms with Crippen LogP contribution < -0.4 is 21.8 Å². The van der Waals surface area contributed by atoms with E-state index in [1.807, 2.05) is 0 Å². The quantitative estimate of drug-likeness (QED) is 0.334. The van der Waals surface area contributed by atoms with Crippen molar-refractivity contribution in [2.75, 3.05) is 19.8 Å². The van der Waals surface area contributed by atoms with Crippen molar-refractivity contribution in [2.24, 2.45) is 0 Å². The van der Waals surface area contributed by atoms with Crippen LogP contribution in [0.25, 0.3) is 0 Å². The van der Waals surface area contributed by atoms with Crippen LogP contribution in [-0.4, -0.2) is 57.5 Å². The van der Waals surface area contributed by atoms with Crippen molar-refractivity contribution < 1.29 is 24.7 Å². The molecule has 0 radical (unpaired) electrons. The van der Waals surface area contributed by atoms with E-state index in [4.69, 9.17) is 4.74 Å². The molecule has 2 heterocycles. The van der Waals surface area contributed by atoms with Crippen LogP contribution in [0.5, 0.6) is 0 Å². The van der Waals surface area contributed by atoms with E-state index < -0.39 is 29.0 Å². The Labute approximate surface area is 158 Å². The second-order valence-corrected chi connectivity index (χ2v) is 5.83. The molecule has 28 heavy (non-hydrogen) atoms. The van der Waals surface area contributed by atoms with Crippen molar-refractivity contribution >= 4 is 11.8 Å². The van der Waals surface area contributed by atoms with Crippen LogP contribution in [0, 0.1) is 0 Å². The minimum Gasteiger partial charge on any atom is -0.425 e. The fourth-order valence-electron chi connectivity index (χ4n) is 2.23. The fourth-order valence-corrected chi connectivity index (χ4v) is 2.23. The van der Waals surface area contributed by atoms with E-state index in [2.05, 4.69) is 10.6 Å². The van der Waals surface area contributed by atoms with Gasteiger partial charge in [0.1, 0.15) is 11.4 Å². The minimum absolute atomic E-state index is 0.109. The highest BCUT2D eigenvalue weighted by atomic mass is 16.5. The van der Waals surface area contributed by atoms with Crippen LogP contribution in [-0.2, 0) is 4.74 Å². The number of aromatic nitrogens is 2. The van der Waals surface area contributed by atoms with Gasteiger partial charge in [0.2, 0.25) is 0 Å². The summed E-state index contributed by atoms with van der Waals surface area (Å²) in [6, 6.07) is 7.08. The lowest BCUT2D eigenvalue weighted by Crippen LogP contribution is -2.39. The molecule has 0 aliphatic rings. The molecule has 0 bridgehead atoms. The lowest BCUT2D eigenvalue weighted by atomic mass is 10.3. The number of ether oxygens (including phenoxy) is 1. The first kappa shape index (κ1) is 20.7. The Morgan fingerprint density at radius 1 is 1.00 bits per heavy atom. The summed E-state index contributed by atoms with van der Waals surface area (Å²) < 4.78 is 5.84. The van der Waals surface area contributed by atoms with Crippen LogP contribution in [0.4, 0.5) is 0 Å². The van der Waals surface area contributed by atoms with E-state index in [1.165, 1.54) is 24.3 Å². The first-order valence-electron chi connectivity index (χ1n) is 8.30. The van der Waals surface area contributed by atoms with Gasteiger partial charge in [0.15, 0.2) is 0 Å². The highest BCUT2D eigenvalue weighted by Crippen LogP contribution is 1.96. The molecule has 0 aromatic carbocycles. The molecule has 1 unspecified atom stereocenters. The Hall–Kier alpha value is -3.60. The maximum Gasteiger partial charge on any atom is 0.283 e. The maximum absolute atomic E-state index is 12.0. The molecule has 0 fully saturated rings. The number of pyridine rings is 2. The predicted molar refractivity (Wildman–Crippen MR) is 95.9 cm³/mol. The SMILES string of the molecule is CC(COCCNC(=O)c1cccc(=O)n1O)NC(=O)c1cccc(=O)n1O. The molecule has 1 atom stereocenters. The summed E-state index contributed by atoms with van der Waals surface area (Å²) in [6.45, 7) is 2.00. The highest BCUT2D eigenvalue weighted by molar-refractivity contribution is 5.92. The van der Waals surface area contributed by atoms with Gasteiger partial charge < -0.3 is 25.8 Å². The van der Waals surface area contributed by atoms with E-state index in [0.717, 1.165) is 12.1 Å². The Bertz CT molecular complexity index is 966. The van der Waals surface area contributed by atoms with Gasteiger partial charge in [-0.05, 0) is 19.1 Å². The number of nitrogens with one attached hydrogen (secondary N) is 2. The molecule has 0 aliphatic heterocycles. The zero-order valence-electron chi connectivity index (χ0n) is 15.0. The van der Waals surface area contributed by atoms with Crippen molar-refractivity contribution in [3.8, 4) is 0 Å². The molecule has 2 rings (SSSR count). The monoisotopic (exact) mass is 392 g/mol. The highest BCUT2D eigenvalue weighted by Gasteiger charge is 2.15. The first-order valence-corrected chi connectivity index (χ1v) is 8.30. The summed E-state index contributed by atoms with van der Waals surface area (Å²) in [4.78, 5) is 46.5. The average molecular weight is 392 g/mol. The third kappa shape index (κ3) is 5.20. The van der Waals surface area contributed by atoms with Gasteiger partial charge in [-0.2, -0.15) is 0 Å². The molecular formula is C17H20N4O7. The average Bonchev–Trinajstić information content (AvgIpc) is 2.65. The smallest absolute Gasteiger partial charge is 0.283 e. The number of nitrogens with zero attached hydrogens (tertiary/aromatic N) is 2. The molecule has 2 aromatic heterocycles. The van der Waals surface area contributed by atoms with Crippen LogP contribution in [0.15, 0.2) is 46.0 Å². The number of carbonyl (C=O) groups excluding carboxylic acids is 2. The largest absolute Gasteiger partial charge is 0.425 e. The zero-order chi connectivity index (χ0) is 20.7. The molecule has 2 amide bonds. The number of amides is 2. The zero-order valence-corrected chi connectivity index (χ0v) is 15.0. The lowest BCUT2D eigenvalue weighted by Gasteiger charge is -2.15. The molecule has 2 aromatic rings. The van der Waals surface area contributed by atoms with E-state index in [1.54, 1.807) is 6.92 Å². The summed E-state index contributed by atoms with van der Waals surface area (Å²) in [6.07, 6.45) is 0. The maximum atomic E-state index is 12.0. The Morgan fingerprint density at radius 3 is 2.11 bits per heavy atom. The topological polar surface area (TPSA) is 152 Å². The van der Waals surface area contributed by atoms with E-state index in [0.29, 0.717) is 0 Å². The Kier molecular flexibility index (Phi) is 6.93. The third-order valence-electron chi connectivity index (χ3n) is 3.60. The number of rotatable bonds is 8. The van der Waals surface area contributed by atoms with Crippen molar-refractivity contribution in [1.29, 1.82) is 0 Å². The van der Waals surface area contributed by atoms with Crippen molar-refractivity contribution in [1.82, 2.24) is 20.1 Å². The van der Waals surface area contributed by atoms with Crippen molar-refractivity contribution in [3.05, 3.63) is 68.5 Å².